The second-order valence-corrected chi connectivity index (χ2v) is 8.81. The highest BCUT2D eigenvalue weighted by Crippen LogP contribution is 2.29. The number of pyridine rings is 1. The number of rotatable bonds is 2. The number of nitrogens with one attached hydrogen (secondary N) is 1. The lowest BCUT2D eigenvalue weighted by Crippen LogP contribution is -2.58. The molecule has 25 heavy (non-hydrogen) atoms. The largest absolute Gasteiger partial charge is 0.370 e. The zero-order valence-corrected chi connectivity index (χ0v) is 15.9. The molecule has 2 fully saturated rings. The first-order chi connectivity index (χ1) is 11.9. The maximum absolute atomic E-state index is 12.8. The van der Waals surface area contributed by atoms with Gasteiger partial charge in [-0.2, -0.15) is 0 Å². The van der Waals surface area contributed by atoms with Crippen LogP contribution in [0.1, 0.15) is 26.0 Å². The van der Waals surface area contributed by atoms with Crippen molar-refractivity contribution < 1.29 is 9.59 Å². The number of hydrogen-bond donors (Lipinski definition) is 1. The van der Waals surface area contributed by atoms with E-state index in [2.05, 4.69) is 21.3 Å². The Labute approximate surface area is 153 Å². The Balaban J connectivity index is 1.61. The topological polar surface area (TPSA) is 65.5 Å². The standard InChI is InChI=1S/C18H26N4O2S/c1-13-11-14(5-6-19-13)21-7-4-8-22(10-9-21)16(23)15-12-25-18(2,3)17(24)20-15/h5-6,11,15H,4,7-10,12H2,1-3H3,(H,20,24)/t15-/m0/s1. The zero-order chi connectivity index (χ0) is 18.0. The number of aryl methyl sites for hydroxylation is 1. The second kappa shape index (κ2) is 7.23. The summed E-state index contributed by atoms with van der Waals surface area (Å²) >= 11 is 1.56. The molecular weight excluding hydrogens is 336 g/mol. The lowest BCUT2D eigenvalue weighted by atomic mass is 10.1. The third-order valence-electron chi connectivity index (χ3n) is 4.81. The van der Waals surface area contributed by atoms with Gasteiger partial charge < -0.3 is 15.1 Å². The number of hydrogen-bond acceptors (Lipinski definition) is 5. The summed E-state index contributed by atoms with van der Waals surface area (Å²) in [5.74, 6) is 0.636. The van der Waals surface area contributed by atoms with Gasteiger partial charge in [-0.3, -0.25) is 14.6 Å². The minimum Gasteiger partial charge on any atom is -0.370 e. The Bertz CT molecular complexity index is 664. The summed E-state index contributed by atoms with van der Waals surface area (Å²) < 4.78 is -0.453. The van der Waals surface area contributed by atoms with Crippen molar-refractivity contribution >= 4 is 29.3 Å². The van der Waals surface area contributed by atoms with Crippen molar-refractivity contribution in [2.45, 2.75) is 38.0 Å². The van der Waals surface area contributed by atoms with E-state index in [4.69, 9.17) is 0 Å². The van der Waals surface area contributed by atoms with Crippen LogP contribution in [-0.2, 0) is 9.59 Å². The number of thioether (sulfide) groups is 1. The molecule has 3 heterocycles. The molecule has 2 amide bonds. The molecule has 6 nitrogen and oxygen atoms in total. The predicted molar refractivity (Wildman–Crippen MR) is 101 cm³/mol. The third kappa shape index (κ3) is 4.08. The van der Waals surface area contributed by atoms with E-state index in [1.54, 1.807) is 11.8 Å². The van der Waals surface area contributed by atoms with Gasteiger partial charge in [0.1, 0.15) is 6.04 Å². The van der Waals surface area contributed by atoms with Crippen LogP contribution >= 0.6 is 11.8 Å². The Kier molecular flexibility index (Phi) is 5.22. The zero-order valence-electron chi connectivity index (χ0n) is 15.1. The van der Waals surface area contributed by atoms with Crippen LogP contribution in [0.3, 0.4) is 0 Å². The van der Waals surface area contributed by atoms with E-state index in [1.807, 2.05) is 37.9 Å². The minimum absolute atomic E-state index is 0.0455. The average molecular weight is 362 g/mol. The Morgan fingerprint density at radius 1 is 1.32 bits per heavy atom. The molecule has 7 heteroatoms. The first-order valence-electron chi connectivity index (χ1n) is 8.78. The molecule has 1 atom stereocenters. The van der Waals surface area contributed by atoms with Gasteiger partial charge >= 0.3 is 0 Å². The van der Waals surface area contributed by atoms with Crippen LogP contribution in [0.15, 0.2) is 18.3 Å². The van der Waals surface area contributed by atoms with Crippen LogP contribution in [0, 0.1) is 6.92 Å². The maximum atomic E-state index is 12.8. The molecule has 1 N–H and O–H groups in total. The van der Waals surface area contributed by atoms with E-state index in [1.165, 1.54) is 0 Å². The summed E-state index contributed by atoms with van der Waals surface area (Å²) in [4.78, 5) is 33.4. The van der Waals surface area contributed by atoms with E-state index in [-0.39, 0.29) is 11.8 Å². The van der Waals surface area contributed by atoms with Gasteiger partial charge in [0.15, 0.2) is 0 Å². The summed E-state index contributed by atoms with van der Waals surface area (Å²) in [6.45, 7) is 8.92. The monoisotopic (exact) mass is 362 g/mol. The molecule has 0 aromatic carbocycles. The van der Waals surface area contributed by atoms with Gasteiger partial charge in [0.25, 0.3) is 0 Å². The molecule has 3 rings (SSSR count). The molecule has 0 saturated carbocycles. The van der Waals surface area contributed by atoms with Crippen molar-refractivity contribution in [1.29, 1.82) is 0 Å². The molecule has 0 radical (unpaired) electrons. The van der Waals surface area contributed by atoms with Gasteiger partial charge in [0, 0.05) is 49.5 Å². The quantitative estimate of drug-likeness (QED) is 0.862. The third-order valence-corrected chi connectivity index (χ3v) is 6.22. The maximum Gasteiger partial charge on any atom is 0.246 e. The Morgan fingerprint density at radius 2 is 2.12 bits per heavy atom. The molecule has 1 aromatic heterocycles. The molecule has 0 unspecified atom stereocenters. The van der Waals surface area contributed by atoms with Crippen LogP contribution < -0.4 is 10.2 Å². The number of anilines is 1. The van der Waals surface area contributed by atoms with Gasteiger partial charge in [-0.25, -0.2) is 0 Å². The molecule has 2 aliphatic rings. The highest BCUT2D eigenvalue weighted by Gasteiger charge is 2.39. The Morgan fingerprint density at radius 3 is 2.84 bits per heavy atom. The molecule has 136 valence electrons. The number of aromatic nitrogens is 1. The van der Waals surface area contributed by atoms with Crippen molar-refractivity contribution in [2.75, 3.05) is 36.8 Å². The normalized spacial score (nSPS) is 23.8. The summed E-state index contributed by atoms with van der Waals surface area (Å²) in [7, 11) is 0. The van der Waals surface area contributed by atoms with Gasteiger partial charge in [0.2, 0.25) is 11.8 Å². The highest BCUT2D eigenvalue weighted by molar-refractivity contribution is 8.01. The minimum atomic E-state index is -0.453. The molecule has 0 aliphatic carbocycles. The molecule has 1 aromatic rings. The summed E-state index contributed by atoms with van der Waals surface area (Å²) in [6.07, 6.45) is 2.75. The smallest absolute Gasteiger partial charge is 0.246 e. The van der Waals surface area contributed by atoms with Crippen molar-refractivity contribution in [3.63, 3.8) is 0 Å². The number of carbonyl (C=O) groups excluding carboxylic acids is 2. The van der Waals surface area contributed by atoms with E-state index < -0.39 is 10.8 Å². The van der Waals surface area contributed by atoms with Crippen molar-refractivity contribution in [2.24, 2.45) is 0 Å². The fourth-order valence-electron chi connectivity index (χ4n) is 3.21. The van der Waals surface area contributed by atoms with E-state index in [9.17, 15) is 9.59 Å². The first-order valence-corrected chi connectivity index (χ1v) is 9.77. The van der Waals surface area contributed by atoms with Crippen LogP contribution in [0.4, 0.5) is 5.69 Å². The number of carbonyl (C=O) groups is 2. The van der Waals surface area contributed by atoms with Crippen LogP contribution in [-0.4, -0.2) is 64.4 Å². The lowest BCUT2D eigenvalue weighted by molar-refractivity contribution is -0.136. The fraction of sp³-hybridized carbons (Fsp3) is 0.611. The molecule has 0 spiro atoms. The van der Waals surface area contributed by atoms with E-state index in [0.29, 0.717) is 12.3 Å². The summed E-state index contributed by atoms with van der Waals surface area (Å²) in [5.41, 5.74) is 2.16. The molecule has 0 bridgehead atoms. The van der Waals surface area contributed by atoms with Crippen LogP contribution in [0.25, 0.3) is 0 Å². The second-order valence-electron chi connectivity index (χ2n) is 7.17. The molecule has 2 saturated heterocycles. The number of nitrogens with zero attached hydrogens (tertiary/aromatic N) is 3. The van der Waals surface area contributed by atoms with Gasteiger partial charge in [-0.1, -0.05) is 0 Å². The van der Waals surface area contributed by atoms with Crippen molar-refractivity contribution in [3.05, 3.63) is 24.0 Å². The van der Waals surface area contributed by atoms with E-state index >= 15 is 0 Å². The average Bonchev–Trinajstić information content (AvgIpc) is 2.83. The summed E-state index contributed by atoms with van der Waals surface area (Å²) in [5, 5.41) is 2.90. The van der Waals surface area contributed by atoms with Gasteiger partial charge in [-0.05, 0) is 39.3 Å². The van der Waals surface area contributed by atoms with Gasteiger partial charge in [-0.15, -0.1) is 11.8 Å². The SMILES string of the molecule is Cc1cc(N2CCCN(C(=O)[C@@H]3CSC(C)(C)C(=O)N3)CC2)ccn1. The molecule has 2 aliphatic heterocycles. The van der Waals surface area contributed by atoms with Crippen LogP contribution in [0.5, 0.6) is 0 Å². The fourth-order valence-corrected chi connectivity index (χ4v) is 4.21. The molecular formula is C18H26N4O2S. The Hall–Kier alpha value is -1.76. The van der Waals surface area contributed by atoms with E-state index in [0.717, 1.165) is 37.4 Å². The number of amides is 2. The predicted octanol–water partition coefficient (Wildman–Crippen LogP) is 1.44. The van der Waals surface area contributed by atoms with Crippen molar-refractivity contribution in [1.82, 2.24) is 15.2 Å². The lowest BCUT2D eigenvalue weighted by Gasteiger charge is -2.35. The van der Waals surface area contributed by atoms with Crippen LogP contribution in [0.2, 0.25) is 0 Å². The highest BCUT2D eigenvalue weighted by atomic mass is 32.2. The van der Waals surface area contributed by atoms with Gasteiger partial charge in [0.05, 0.1) is 4.75 Å². The first kappa shape index (κ1) is 18.0. The van der Waals surface area contributed by atoms with Crippen molar-refractivity contribution in [3.8, 4) is 0 Å². The summed E-state index contributed by atoms with van der Waals surface area (Å²) in [6, 6.07) is 3.70.